The molecule has 8 nitrogen and oxygen atoms in total. The fourth-order valence-corrected chi connectivity index (χ4v) is 7.66. The molecule has 46 heavy (non-hydrogen) atoms. The quantitative estimate of drug-likeness (QED) is 0.175. The van der Waals surface area contributed by atoms with E-state index in [0.29, 0.717) is 25.6 Å². The van der Waals surface area contributed by atoms with Crippen molar-refractivity contribution in [1.29, 1.82) is 0 Å². The number of rotatable bonds is 8. The number of anilines is 1. The van der Waals surface area contributed by atoms with Crippen LogP contribution < -0.4 is 4.90 Å². The molecule has 6 aromatic rings. The van der Waals surface area contributed by atoms with E-state index in [0.717, 1.165) is 50.7 Å². The van der Waals surface area contributed by atoms with E-state index >= 15 is 0 Å². The first-order valence-electron chi connectivity index (χ1n) is 15.7. The third-order valence-electron chi connectivity index (χ3n) is 8.83. The second kappa shape index (κ2) is 12.4. The number of carboxylic acid groups (broad SMARTS) is 1. The minimum absolute atomic E-state index is 0.0797. The van der Waals surface area contributed by atoms with Crippen molar-refractivity contribution < 1.29 is 9.90 Å². The number of fused-ring (bicyclic) bond motifs is 1. The van der Waals surface area contributed by atoms with Gasteiger partial charge in [-0.3, -0.25) is 0 Å². The summed E-state index contributed by atoms with van der Waals surface area (Å²) in [6, 6.07) is 35.4. The van der Waals surface area contributed by atoms with Crippen LogP contribution in [0.3, 0.4) is 0 Å². The van der Waals surface area contributed by atoms with Gasteiger partial charge in [0.1, 0.15) is 22.1 Å². The van der Waals surface area contributed by atoms with Gasteiger partial charge in [0.15, 0.2) is 5.65 Å². The summed E-state index contributed by atoms with van der Waals surface area (Å²) in [5.74, 6) is 1.24. The Labute approximate surface area is 272 Å². The van der Waals surface area contributed by atoms with Crippen LogP contribution in [0.25, 0.3) is 21.7 Å². The SMILES string of the molecule is CC(C)C[C@H]1CN(c2csc(-c3nn(C(c4ccccc4)(c4ccccc4)c4ccccc4)c4ncccc34)n2)CCN1C(=O)O. The average molecular weight is 629 g/mol. The van der Waals surface area contributed by atoms with E-state index in [4.69, 9.17) is 15.1 Å². The van der Waals surface area contributed by atoms with E-state index in [1.807, 2.05) is 30.5 Å². The Bertz CT molecular complexity index is 1840. The summed E-state index contributed by atoms with van der Waals surface area (Å²) in [6.07, 6.45) is 1.77. The Hall–Kier alpha value is -5.02. The predicted molar refractivity (Wildman–Crippen MR) is 183 cm³/mol. The molecule has 0 saturated carbocycles. The van der Waals surface area contributed by atoms with Gasteiger partial charge in [0.05, 0.1) is 6.04 Å². The lowest BCUT2D eigenvalue weighted by molar-refractivity contribution is 0.111. The highest BCUT2D eigenvalue weighted by Crippen LogP contribution is 2.44. The molecule has 0 bridgehead atoms. The average Bonchev–Trinajstić information content (AvgIpc) is 3.72. The number of piperazine rings is 1. The molecule has 4 heterocycles. The molecule has 3 aromatic heterocycles. The van der Waals surface area contributed by atoms with Gasteiger partial charge in [0, 0.05) is 36.6 Å². The number of aromatic nitrogens is 4. The number of hydrogen-bond acceptors (Lipinski definition) is 6. The van der Waals surface area contributed by atoms with Crippen molar-refractivity contribution in [3.05, 3.63) is 131 Å². The van der Waals surface area contributed by atoms with Crippen LogP contribution >= 0.6 is 11.3 Å². The number of hydrogen-bond donors (Lipinski definition) is 1. The van der Waals surface area contributed by atoms with Gasteiger partial charge >= 0.3 is 6.09 Å². The first-order valence-corrected chi connectivity index (χ1v) is 16.6. The molecule has 9 heteroatoms. The molecule has 0 spiro atoms. The van der Waals surface area contributed by atoms with Crippen molar-refractivity contribution in [2.75, 3.05) is 24.5 Å². The van der Waals surface area contributed by atoms with Gasteiger partial charge in [-0.1, -0.05) is 105 Å². The van der Waals surface area contributed by atoms with E-state index in [1.165, 1.54) is 0 Å². The zero-order valence-electron chi connectivity index (χ0n) is 25.9. The summed E-state index contributed by atoms with van der Waals surface area (Å²) in [5.41, 5.74) is 3.93. The fraction of sp³-hybridized carbons (Fsp3) is 0.243. The van der Waals surface area contributed by atoms with E-state index in [1.54, 1.807) is 16.2 Å². The summed E-state index contributed by atoms with van der Waals surface area (Å²) in [6.45, 7) is 5.93. The largest absolute Gasteiger partial charge is 0.465 e. The van der Waals surface area contributed by atoms with Crippen LogP contribution in [0.4, 0.5) is 10.6 Å². The Morgan fingerprint density at radius 2 is 1.50 bits per heavy atom. The van der Waals surface area contributed by atoms with Crippen LogP contribution in [0.15, 0.2) is 115 Å². The Balaban J connectivity index is 1.38. The molecule has 3 aromatic carbocycles. The van der Waals surface area contributed by atoms with E-state index in [2.05, 4.69) is 108 Å². The molecule has 1 atom stereocenters. The Morgan fingerprint density at radius 3 is 2.07 bits per heavy atom. The highest BCUT2D eigenvalue weighted by Gasteiger charge is 2.41. The second-order valence-electron chi connectivity index (χ2n) is 12.2. The van der Waals surface area contributed by atoms with E-state index in [-0.39, 0.29) is 6.04 Å². The molecule has 1 amide bonds. The molecule has 0 radical (unpaired) electrons. The van der Waals surface area contributed by atoms with E-state index < -0.39 is 11.6 Å². The number of amides is 1. The first kappa shape index (κ1) is 29.7. The number of pyridine rings is 1. The van der Waals surface area contributed by atoms with Crippen LogP contribution in [0.1, 0.15) is 37.0 Å². The van der Waals surface area contributed by atoms with Gasteiger partial charge in [-0.15, -0.1) is 11.3 Å². The lowest BCUT2D eigenvalue weighted by atomic mass is 9.77. The van der Waals surface area contributed by atoms with Gasteiger partial charge in [0.2, 0.25) is 0 Å². The minimum Gasteiger partial charge on any atom is -0.465 e. The van der Waals surface area contributed by atoms with Gasteiger partial charge in [-0.05, 0) is 41.2 Å². The normalized spacial score (nSPS) is 15.5. The maximum Gasteiger partial charge on any atom is 0.407 e. The molecule has 232 valence electrons. The van der Waals surface area contributed by atoms with Crippen LogP contribution in [0.2, 0.25) is 0 Å². The van der Waals surface area contributed by atoms with Crippen LogP contribution in [-0.4, -0.2) is 61.5 Å². The van der Waals surface area contributed by atoms with Crippen LogP contribution in [-0.2, 0) is 5.54 Å². The number of carbonyl (C=O) groups is 1. The zero-order chi connectivity index (χ0) is 31.7. The number of thiazole rings is 1. The van der Waals surface area contributed by atoms with Crippen molar-refractivity contribution in [1.82, 2.24) is 24.6 Å². The minimum atomic E-state index is -0.854. The van der Waals surface area contributed by atoms with Crippen LogP contribution in [0.5, 0.6) is 0 Å². The Kier molecular flexibility index (Phi) is 8.00. The summed E-state index contributed by atoms with van der Waals surface area (Å²) in [5, 5.41) is 19.0. The summed E-state index contributed by atoms with van der Waals surface area (Å²) < 4.78 is 2.07. The van der Waals surface area contributed by atoms with E-state index in [9.17, 15) is 9.90 Å². The van der Waals surface area contributed by atoms with Gasteiger partial charge in [-0.25, -0.2) is 19.4 Å². The third kappa shape index (κ3) is 5.20. The standard InChI is InChI=1S/C37H36N6O2S/c1-26(2)23-30-24-41(21-22-42(30)36(44)45)32-25-46-35(39-32)33-31-19-12-20-38-34(31)43(40-33)37(27-13-6-3-7-14-27,28-15-8-4-9-16-28)29-17-10-5-11-18-29/h3-20,25-26,30H,21-24H2,1-2H3,(H,44,45)/t30-/m0/s1. The molecule has 1 N–H and O–H groups in total. The molecule has 7 rings (SSSR count). The Morgan fingerprint density at radius 1 is 0.891 bits per heavy atom. The predicted octanol–water partition coefficient (Wildman–Crippen LogP) is 7.61. The van der Waals surface area contributed by atoms with Gasteiger partial charge in [0.25, 0.3) is 0 Å². The second-order valence-corrected chi connectivity index (χ2v) is 13.0. The highest BCUT2D eigenvalue weighted by molar-refractivity contribution is 7.13. The maximum atomic E-state index is 12.0. The number of benzene rings is 3. The molecule has 0 unspecified atom stereocenters. The molecular formula is C37H36N6O2S. The van der Waals surface area contributed by atoms with Crippen molar-refractivity contribution in [3.63, 3.8) is 0 Å². The molecule has 1 aliphatic rings. The monoisotopic (exact) mass is 628 g/mol. The topological polar surface area (TPSA) is 87.4 Å². The number of nitrogens with zero attached hydrogens (tertiary/aromatic N) is 6. The molecule has 1 saturated heterocycles. The van der Waals surface area contributed by atoms with Crippen molar-refractivity contribution in [2.24, 2.45) is 5.92 Å². The van der Waals surface area contributed by atoms with Crippen molar-refractivity contribution in [2.45, 2.75) is 31.8 Å². The highest BCUT2D eigenvalue weighted by atomic mass is 32.1. The lowest BCUT2D eigenvalue weighted by Crippen LogP contribution is -2.55. The third-order valence-corrected chi connectivity index (χ3v) is 9.66. The molecular weight excluding hydrogens is 593 g/mol. The summed E-state index contributed by atoms with van der Waals surface area (Å²) in [4.78, 5) is 25.8. The zero-order valence-corrected chi connectivity index (χ0v) is 26.7. The maximum absolute atomic E-state index is 12.0. The van der Waals surface area contributed by atoms with Gasteiger partial charge < -0.3 is 14.9 Å². The fourth-order valence-electron chi connectivity index (χ4n) is 6.83. The summed E-state index contributed by atoms with van der Waals surface area (Å²) >= 11 is 1.56. The molecule has 0 aliphatic carbocycles. The lowest BCUT2D eigenvalue weighted by Gasteiger charge is -2.40. The molecule has 1 aliphatic heterocycles. The summed E-state index contributed by atoms with van der Waals surface area (Å²) in [7, 11) is 0. The molecule has 1 fully saturated rings. The van der Waals surface area contributed by atoms with Gasteiger partial charge in [-0.2, -0.15) is 5.10 Å². The van der Waals surface area contributed by atoms with Crippen molar-refractivity contribution in [3.8, 4) is 10.7 Å². The van der Waals surface area contributed by atoms with Crippen molar-refractivity contribution >= 4 is 34.3 Å². The van der Waals surface area contributed by atoms with Crippen LogP contribution in [0, 0.1) is 5.92 Å². The first-order chi connectivity index (χ1) is 22.5. The smallest absolute Gasteiger partial charge is 0.407 e.